The molecule has 518 valence electrons. The number of ether oxygens (including phenoxy) is 1. The van der Waals surface area contributed by atoms with E-state index in [1.54, 1.807) is 0 Å². The first kappa shape index (κ1) is 73.4. The molecule has 5 nitrogen and oxygen atoms in total. The number of aromatic nitrogens is 4. The maximum atomic E-state index is 14.5. The summed E-state index contributed by atoms with van der Waals surface area (Å²) in [4.78, 5) is 0. The zero-order chi connectivity index (χ0) is 72.4. The van der Waals surface area contributed by atoms with Gasteiger partial charge in [0.15, 0.2) is 0 Å². The molecule has 0 spiro atoms. The molecular formula is C90H94F4N4OP2. The Morgan fingerprint density at radius 1 is 0.317 bits per heavy atom. The number of imidazole rings is 2. The number of hydrogen-bond acceptors (Lipinski definition) is 1. The first-order chi connectivity index (χ1) is 48.1. The number of hydrogen-bond donors (Lipinski definition) is 0. The third-order valence-corrected chi connectivity index (χ3v) is 25.4. The van der Waals surface area contributed by atoms with Crippen LogP contribution in [0.2, 0.25) is 0 Å². The number of halogens is 4. The highest BCUT2D eigenvalue weighted by Crippen LogP contribution is 2.56. The first-order valence-electron chi connectivity index (χ1n) is 34.9. The Morgan fingerprint density at radius 3 is 0.752 bits per heavy atom. The Kier molecular flexibility index (Phi) is 22.7. The van der Waals surface area contributed by atoms with Crippen LogP contribution in [0.4, 0.5) is 17.6 Å². The van der Waals surface area contributed by atoms with Gasteiger partial charge in [-0.15, -0.1) is 0 Å². The van der Waals surface area contributed by atoms with Crippen LogP contribution in [0.5, 0.6) is 0 Å². The SMILES string of the molecule is C1CCOC1.Cc1cc(C)c(-n2[c-][n+](-c3c(C)cc(C)cc3C)c(P(c3c(C)cc(C)cc3C)C(c3ccc(F)cc3)c3ccc(F)cc3)c2)c(C)c1.Cc1cc(C)c(-n2[c-][n+](-c3c(C)cc(C)cc3C)c(P(c3c(C)cc(C)cc3C)C(c3ccc(F)cc3)c3ccc(F)cc3)c2)c(C)c1. The lowest BCUT2D eigenvalue weighted by atomic mass is 10.0. The molecule has 101 heavy (non-hydrogen) atoms. The van der Waals surface area contributed by atoms with E-state index in [0.29, 0.717) is 0 Å². The van der Waals surface area contributed by atoms with Gasteiger partial charge in [-0.2, -0.15) is 0 Å². The van der Waals surface area contributed by atoms with Gasteiger partial charge in [-0.25, -0.2) is 17.6 Å². The van der Waals surface area contributed by atoms with Crippen molar-refractivity contribution >= 4 is 37.3 Å². The molecule has 1 saturated heterocycles. The lowest BCUT2D eigenvalue weighted by molar-refractivity contribution is -0.581. The van der Waals surface area contributed by atoms with Crippen LogP contribution in [0.15, 0.2) is 182 Å². The van der Waals surface area contributed by atoms with E-state index in [-0.39, 0.29) is 34.6 Å². The van der Waals surface area contributed by atoms with Gasteiger partial charge < -0.3 is 4.74 Å². The van der Waals surface area contributed by atoms with Crippen molar-refractivity contribution in [3.63, 3.8) is 0 Å². The number of rotatable bonds is 14. The molecule has 0 bridgehead atoms. The van der Waals surface area contributed by atoms with Crippen LogP contribution in [-0.4, -0.2) is 22.3 Å². The van der Waals surface area contributed by atoms with Crippen LogP contribution in [0.1, 0.15) is 147 Å². The quantitative estimate of drug-likeness (QED) is 0.0461. The maximum absolute atomic E-state index is 14.5. The number of nitrogens with zero attached hydrogens (tertiary/aromatic N) is 4. The molecule has 1 aliphatic rings. The van der Waals surface area contributed by atoms with Crippen LogP contribution in [0.3, 0.4) is 0 Å². The summed E-state index contributed by atoms with van der Waals surface area (Å²) in [5.41, 5.74) is 31.6. The lowest BCUT2D eigenvalue weighted by Gasteiger charge is -2.33. The van der Waals surface area contributed by atoms with E-state index in [1.807, 2.05) is 48.5 Å². The second-order valence-corrected chi connectivity index (χ2v) is 32.5. The van der Waals surface area contributed by atoms with Crippen molar-refractivity contribution in [1.82, 2.24) is 9.13 Å². The maximum Gasteiger partial charge on any atom is 0.269 e. The molecule has 13 rings (SSSR count). The Labute approximate surface area is 599 Å². The van der Waals surface area contributed by atoms with E-state index < -0.39 is 15.8 Å². The summed E-state index contributed by atoms with van der Waals surface area (Å²) in [6, 6.07) is 54.2. The summed E-state index contributed by atoms with van der Waals surface area (Å²) in [7, 11) is -2.49. The number of benzene rings is 10. The monoisotopic (exact) mass is 1380 g/mol. The minimum Gasteiger partial charge on any atom is -0.381 e. The van der Waals surface area contributed by atoms with Crippen molar-refractivity contribution in [3.05, 3.63) is 341 Å². The van der Waals surface area contributed by atoms with Gasteiger partial charge >= 0.3 is 0 Å². The van der Waals surface area contributed by atoms with Gasteiger partial charge in [-0.1, -0.05) is 155 Å². The van der Waals surface area contributed by atoms with E-state index >= 15 is 0 Å². The third kappa shape index (κ3) is 16.1. The fourth-order valence-corrected chi connectivity index (χ4v) is 22.1. The Hall–Kier alpha value is -8.84. The van der Waals surface area contributed by atoms with E-state index in [1.165, 1.54) is 150 Å². The summed E-state index contributed by atoms with van der Waals surface area (Å²) in [5.74, 6) is -1.13. The van der Waals surface area contributed by atoms with Crippen molar-refractivity contribution in [2.75, 3.05) is 13.2 Å². The summed E-state index contributed by atoms with van der Waals surface area (Å²) in [6.07, 6.45) is 14.7. The summed E-state index contributed by atoms with van der Waals surface area (Å²) in [6.45, 7) is 40.9. The molecule has 1 fully saturated rings. The van der Waals surface area contributed by atoms with E-state index in [2.05, 4.69) is 241 Å². The summed E-state index contributed by atoms with van der Waals surface area (Å²) < 4.78 is 71.7. The van der Waals surface area contributed by atoms with E-state index in [0.717, 1.165) is 91.3 Å². The normalized spacial score (nSPS) is 12.8. The standard InChI is InChI=1S/2C43H43F2N2P.C4H8O/c2*1-26-18-29(4)40(30(5)19-26)46-24-39(47(25-46)41-31(6)20-27(2)21-32(41)7)48(42-33(8)22-28(3)23-34(42)9)43(35-10-14-37(44)15-11-35)36-12-16-38(45)17-13-36;1-2-4-5-3-1/h2*10-24,43H,1-9H3;1-4H2. The van der Waals surface area contributed by atoms with Gasteiger partial charge in [0, 0.05) is 36.9 Å². The molecule has 0 aliphatic carbocycles. The van der Waals surface area contributed by atoms with Gasteiger partial charge in [0.25, 0.3) is 12.7 Å². The predicted octanol–water partition coefficient (Wildman–Crippen LogP) is 20.5. The molecule has 3 heterocycles. The largest absolute Gasteiger partial charge is 0.381 e. The second kappa shape index (κ2) is 31.2. The summed E-state index contributed by atoms with van der Waals surface area (Å²) in [5, 5.41) is 2.52. The number of aryl methyl sites for hydroxylation is 18. The van der Waals surface area contributed by atoms with E-state index in [9.17, 15) is 17.6 Å². The fraction of sp³-hybridized carbons (Fsp3) is 0.267. The molecule has 2 atom stereocenters. The predicted molar refractivity (Wildman–Crippen MR) is 412 cm³/mol. The lowest BCUT2D eigenvalue weighted by Crippen LogP contribution is -2.47. The van der Waals surface area contributed by atoms with Gasteiger partial charge in [0.2, 0.25) is 0 Å². The third-order valence-electron chi connectivity index (χ3n) is 19.2. The molecule has 0 amide bonds. The van der Waals surface area contributed by atoms with Gasteiger partial charge in [-0.3, -0.25) is 18.3 Å². The molecule has 10 aromatic carbocycles. The average Bonchev–Trinajstić information content (AvgIpc) is 1.70. The molecule has 0 N–H and O–H groups in total. The topological polar surface area (TPSA) is 26.8 Å². The first-order valence-corrected chi connectivity index (χ1v) is 37.8. The van der Waals surface area contributed by atoms with Crippen LogP contribution >= 0.6 is 15.8 Å². The van der Waals surface area contributed by atoms with Crippen LogP contribution < -0.4 is 30.6 Å². The Bertz CT molecular complexity index is 4460. The van der Waals surface area contributed by atoms with Crippen molar-refractivity contribution in [2.45, 2.75) is 149 Å². The van der Waals surface area contributed by atoms with Crippen LogP contribution in [0, 0.1) is 161 Å². The smallest absolute Gasteiger partial charge is 0.269 e. The molecule has 0 saturated carbocycles. The molecule has 2 aromatic heterocycles. The van der Waals surface area contributed by atoms with Gasteiger partial charge in [0.1, 0.15) is 23.3 Å². The van der Waals surface area contributed by atoms with Gasteiger partial charge in [-0.05, 0) is 301 Å². The van der Waals surface area contributed by atoms with Crippen molar-refractivity contribution in [3.8, 4) is 22.7 Å². The highest BCUT2D eigenvalue weighted by atomic mass is 31.1. The van der Waals surface area contributed by atoms with Crippen LogP contribution in [-0.2, 0) is 4.74 Å². The molecular weight excluding hydrogens is 1290 g/mol. The Morgan fingerprint density at radius 2 is 0.535 bits per heavy atom. The zero-order valence-electron chi connectivity index (χ0n) is 61.9. The Balaban J connectivity index is 0.000000190. The molecule has 1 aliphatic heterocycles. The highest BCUT2D eigenvalue weighted by molar-refractivity contribution is 7.73. The average molecular weight is 1390 g/mol. The highest BCUT2D eigenvalue weighted by Gasteiger charge is 2.37. The fourth-order valence-electron chi connectivity index (χ4n) is 15.7. The molecule has 2 unspecified atom stereocenters. The van der Waals surface area contributed by atoms with Crippen molar-refractivity contribution < 1.29 is 31.4 Å². The van der Waals surface area contributed by atoms with E-state index in [4.69, 9.17) is 4.74 Å². The molecule has 12 aromatic rings. The minimum atomic E-state index is -1.25. The summed E-state index contributed by atoms with van der Waals surface area (Å²) >= 11 is 0. The van der Waals surface area contributed by atoms with Crippen molar-refractivity contribution in [2.24, 2.45) is 0 Å². The van der Waals surface area contributed by atoms with Crippen molar-refractivity contribution in [1.29, 1.82) is 0 Å². The van der Waals surface area contributed by atoms with Gasteiger partial charge in [0.05, 0.1) is 33.6 Å². The zero-order valence-corrected chi connectivity index (χ0v) is 63.7. The van der Waals surface area contributed by atoms with Crippen LogP contribution in [0.25, 0.3) is 22.7 Å². The minimum absolute atomic E-state index is 0.205. The second-order valence-electron chi connectivity index (χ2n) is 28.1. The molecule has 11 heteroatoms. The molecule has 0 radical (unpaired) electrons.